The molecule has 1 aliphatic rings. The van der Waals surface area contributed by atoms with Crippen LogP contribution < -0.4 is 14.4 Å². The quantitative estimate of drug-likeness (QED) is 0.336. The topological polar surface area (TPSA) is 66.5 Å². The molecule has 0 radical (unpaired) electrons. The molecule has 7 nitrogen and oxygen atoms in total. The Morgan fingerprint density at radius 1 is 0.914 bits per heavy atom. The van der Waals surface area contributed by atoms with Gasteiger partial charge in [0.25, 0.3) is 0 Å². The molecule has 0 aliphatic carbocycles. The molecule has 3 heterocycles. The van der Waals surface area contributed by atoms with E-state index in [4.69, 9.17) is 9.47 Å². The molecule has 182 valence electrons. The van der Waals surface area contributed by atoms with Gasteiger partial charge in [-0.05, 0) is 67.0 Å². The third kappa shape index (κ3) is 5.71. The number of fused-ring (bicyclic) bond motifs is 1. The summed E-state index contributed by atoms with van der Waals surface area (Å²) in [6, 6.07) is 18.9. The number of hydrogen-bond donors (Lipinski definition) is 1. The lowest BCUT2D eigenvalue weighted by atomic mass is 10.1. The summed E-state index contributed by atoms with van der Waals surface area (Å²) >= 11 is 1.50. The number of aryl methyl sites for hydroxylation is 1. The lowest BCUT2D eigenvalue weighted by molar-refractivity contribution is 0.255. The molecule has 0 bridgehead atoms. The monoisotopic (exact) mass is 489 g/mol. The summed E-state index contributed by atoms with van der Waals surface area (Å²) in [7, 11) is 3.18. The van der Waals surface area contributed by atoms with Crippen LogP contribution in [0.25, 0.3) is 10.9 Å². The highest BCUT2D eigenvalue weighted by Crippen LogP contribution is 2.30. The van der Waals surface area contributed by atoms with Gasteiger partial charge in [-0.25, -0.2) is 0 Å². The smallest absolute Gasteiger partial charge is 0.220 e. The number of H-pyrrole nitrogens is 1. The molecule has 0 atom stereocenters. The maximum atomic E-state index is 5.25. The maximum Gasteiger partial charge on any atom is 0.220 e. The molecule has 8 heteroatoms. The van der Waals surface area contributed by atoms with Crippen molar-refractivity contribution in [1.29, 1.82) is 0 Å². The van der Waals surface area contributed by atoms with Gasteiger partial charge >= 0.3 is 0 Å². The minimum Gasteiger partial charge on any atom is -0.481 e. The number of anilines is 1. The van der Waals surface area contributed by atoms with Crippen molar-refractivity contribution in [2.24, 2.45) is 0 Å². The van der Waals surface area contributed by atoms with E-state index in [2.05, 4.69) is 79.5 Å². The second-order valence-corrected chi connectivity index (χ2v) is 9.66. The molecule has 35 heavy (non-hydrogen) atoms. The van der Waals surface area contributed by atoms with Crippen molar-refractivity contribution in [1.82, 2.24) is 19.9 Å². The van der Waals surface area contributed by atoms with Crippen molar-refractivity contribution >= 4 is 28.4 Å². The van der Waals surface area contributed by atoms with Crippen LogP contribution in [0, 0.1) is 0 Å². The molecular weight excluding hydrogens is 458 g/mol. The van der Waals surface area contributed by atoms with Gasteiger partial charge < -0.3 is 19.4 Å². The molecule has 2 aromatic carbocycles. The second-order valence-electron chi connectivity index (χ2n) is 8.62. The van der Waals surface area contributed by atoms with Gasteiger partial charge in [-0.15, -0.1) is 0 Å². The Morgan fingerprint density at radius 3 is 2.34 bits per heavy atom. The van der Waals surface area contributed by atoms with E-state index in [-0.39, 0.29) is 0 Å². The maximum absolute atomic E-state index is 5.25. The first-order chi connectivity index (χ1) is 17.2. The van der Waals surface area contributed by atoms with Crippen LogP contribution in [0.5, 0.6) is 11.8 Å². The van der Waals surface area contributed by atoms with E-state index in [0.29, 0.717) is 16.9 Å². The third-order valence-corrected chi connectivity index (χ3v) is 7.33. The second kappa shape index (κ2) is 11.0. The zero-order valence-corrected chi connectivity index (χ0v) is 21.1. The summed E-state index contributed by atoms with van der Waals surface area (Å²) in [6.07, 6.45) is 4.47. The van der Waals surface area contributed by atoms with Gasteiger partial charge in [0.2, 0.25) is 11.8 Å². The van der Waals surface area contributed by atoms with E-state index in [1.165, 1.54) is 40.3 Å². The number of hydrogen-bond acceptors (Lipinski definition) is 7. The van der Waals surface area contributed by atoms with Crippen LogP contribution in [0.4, 0.5) is 5.69 Å². The predicted molar refractivity (Wildman–Crippen MR) is 141 cm³/mol. The summed E-state index contributed by atoms with van der Waals surface area (Å²) in [4.78, 5) is 18.3. The van der Waals surface area contributed by atoms with Crippen LogP contribution >= 0.6 is 11.8 Å². The first kappa shape index (κ1) is 23.5. The van der Waals surface area contributed by atoms with Crippen LogP contribution in [0.2, 0.25) is 0 Å². The molecule has 0 spiro atoms. The number of methoxy groups -OCH3 is 2. The Labute approximate surface area is 210 Å². The number of piperazine rings is 1. The van der Waals surface area contributed by atoms with Gasteiger partial charge in [0.1, 0.15) is 0 Å². The summed E-state index contributed by atoms with van der Waals surface area (Å²) < 4.78 is 10.5. The van der Waals surface area contributed by atoms with Crippen molar-refractivity contribution in [2.75, 3.05) is 51.8 Å². The highest BCUT2D eigenvalue weighted by Gasteiger charge is 2.17. The van der Waals surface area contributed by atoms with E-state index in [0.717, 1.165) is 44.0 Å². The number of nitrogens with one attached hydrogen (secondary N) is 1. The van der Waals surface area contributed by atoms with Crippen molar-refractivity contribution in [3.05, 3.63) is 66.4 Å². The van der Waals surface area contributed by atoms with Crippen LogP contribution in [-0.2, 0) is 6.42 Å². The van der Waals surface area contributed by atoms with Crippen molar-refractivity contribution < 1.29 is 9.47 Å². The van der Waals surface area contributed by atoms with Crippen LogP contribution in [0.15, 0.2) is 70.8 Å². The Morgan fingerprint density at radius 2 is 1.63 bits per heavy atom. The molecular formula is C27H31N5O2S. The predicted octanol–water partition coefficient (Wildman–Crippen LogP) is 4.88. The molecule has 1 N–H and O–H groups in total. The number of para-hydroxylation sites is 1. The van der Waals surface area contributed by atoms with Gasteiger partial charge in [-0.1, -0.05) is 18.2 Å². The van der Waals surface area contributed by atoms with E-state index in [9.17, 15) is 0 Å². The molecule has 0 saturated carbocycles. The minimum atomic E-state index is 0.496. The van der Waals surface area contributed by atoms with E-state index in [1.54, 1.807) is 20.3 Å². The summed E-state index contributed by atoms with van der Waals surface area (Å²) in [5.74, 6) is 0.991. The number of aromatic nitrogens is 3. The molecule has 1 aliphatic heterocycles. The minimum absolute atomic E-state index is 0.496. The Hall–Kier alpha value is -3.23. The average molecular weight is 490 g/mol. The Balaban J connectivity index is 1.10. The summed E-state index contributed by atoms with van der Waals surface area (Å²) in [6.45, 7) is 5.45. The number of benzene rings is 2. The number of nitrogens with zero attached hydrogens (tertiary/aromatic N) is 4. The number of ether oxygens (including phenoxy) is 2. The van der Waals surface area contributed by atoms with Gasteiger partial charge in [-0.3, -0.25) is 4.90 Å². The SMILES string of the molecule is COc1cc(OC)nc(Sc2ccc(N3CCN(CCCc4c[nH]c5ccccc45)CC3)cc2)n1. The zero-order chi connectivity index (χ0) is 24.0. The van der Waals surface area contributed by atoms with Crippen molar-refractivity contribution in [3.8, 4) is 11.8 Å². The van der Waals surface area contributed by atoms with Gasteiger partial charge in [0.05, 0.1) is 20.3 Å². The fourth-order valence-corrected chi connectivity index (χ4v) is 5.28. The molecule has 0 amide bonds. The van der Waals surface area contributed by atoms with Crippen LogP contribution in [0.3, 0.4) is 0 Å². The molecule has 1 saturated heterocycles. The fourth-order valence-electron chi connectivity index (χ4n) is 4.53. The first-order valence-electron chi connectivity index (χ1n) is 12.0. The largest absolute Gasteiger partial charge is 0.481 e. The lowest BCUT2D eigenvalue weighted by Gasteiger charge is -2.36. The standard InChI is InChI=1S/C27H31N5O2S/c1-33-25-18-26(34-2)30-27(29-25)35-22-11-9-21(10-12-22)32-16-14-31(15-17-32)13-5-6-20-19-28-24-8-4-3-7-23(20)24/h3-4,7-12,18-19,28H,5-6,13-17H2,1-2H3. The summed E-state index contributed by atoms with van der Waals surface area (Å²) in [5.41, 5.74) is 3.92. The molecule has 0 unspecified atom stereocenters. The van der Waals surface area contributed by atoms with Gasteiger partial charge in [-0.2, -0.15) is 9.97 Å². The van der Waals surface area contributed by atoms with Crippen LogP contribution in [-0.4, -0.2) is 66.8 Å². The summed E-state index contributed by atoms with van der Waals surface area (Å²) in [5, 5.41) is 1.96. The Kier molecular flexibility index (Phi) is 7.39. The number of rotatable bonds is 9. The van der Waals surface area contributed by atoms with Crippen LogP contribution in [0.1, 0.15) is 12.0 Å². The van der Waals surface area contributed by atoms with Gasteiger partial charge in [0.15, 0.2) is 5.16 Å². The molecule has 2 aromatic heterocycles. The van der Waals surface area contributed by atoms with E-state index < -0.39 is 0 Å². The highest BCUT2D eigenvalue weighted by atomic mass is 32.2. The molecule has 5 rings (SSSR count). The zero-order valence-electron chi connectivity index (χ0n) is 20.2. The molecule has 4 aromatic rings. The highest BCUT2D eigenvalue weighted by molar-refractivity contribution is 7.99. The molecule has 1 fully saturated rings. The van der Waals surface area contributed by atoms with Crippen molar-refractivity contribution in [2.45, 2.75) is 22.9 Å². The Bertz CT molecular complexity index is 1230. The van der Waals surface area contributed by atoms with Crippen molar-refractivity contribution in [3.63, 3.8) is 0 Å². The van der Waals surface area contributed by atoms with E-state index >= 15 is 0 Å². The van der Waals surface area contributed by atoms with Gasteiger partial charge in [0, 0.05) is 53.9 Å². The average Bonchev–Trinajstić information content (AvgIpc) is 3.32. The fraction of sp³-hybridized carbons (Fsp3) is 0.333. The van der Waals surface area contributed by atoms with E-state index in [1.807, 2.05) is 0 Å². The number of aromatic amines is 1. The normalized spacial score (nSPS) is 14.4. The lowest BCUT2D eigenvalue weighted by Crippen LogP contribution is -2.46. The third-order valence-electron chi connectivity index (χ3n) is 6.46. The first-order valence-corrected chi connectivity index (χ1v) is 12.8.